The Morgan fingerprint density at radius 2 is 2.41 bits per heavy atom. The van der Waals surface area contributed by atoms with Crippen molar-refractivity contribution in [3.8, 4) is 5.88 Å². The van der Waals surface area contributed by atoms with Gasteiger partial charge in [0.1, 0.15) is 0 Å². The molecule has 0 radical (unpaired) electrons. The summed E-state index contributed by atoms with van der Waals surface area (Å²) in [5, 5.41) is 9.16. The molecule has 1 atom stereocenters. The van der Waals surface area contributed by atoms with E-state index in [1.54, 1.807) is 6.07 Å². The number of pyridine rings is 1. The molecule has 0 aliphatic carbocycles. The molecule has 1 N–H and O–H groups in total. The van der Waals surface area contributed by atoms with E-state index in [9.17, 15) is 0 Å². The van der Waals surface area contributed by atoms with E-state index in [2.05, 4.69) is 4.98 Å². The van der Waals surface area contributed by atoms with Crippen molar-refractivity contribution in [3.63, 3.8) is 0 Å². The lowest BCUT2D eigenvalue weighted by Crippen LogP contribution is -2.12. The largest absolute Gasteiger partial charge is 0.477 e. The number of aliphatic hydroxyl groups excluding tert-OH is 1. The molecule has 1 aliphatic rings. The zero-order valence-electron chi connectivity index (χ0n) is 10.2. The minimum atomic E-state index is 0.0262. The predicted molar refractivity (Wildman–Crippen MR) is 64.0 cm³/mol. The second-order valence-electron chi connectivity index (χ2n) is 4.36. The topological polar surface area (TPSA) is 51.6 Å². The fourth-order valence-corrected chi connectivity index (χ4v) is 1.88. The number of hydrogen-bond donors (Lipinski definition) is 1. The SMILES string of the molecule is CCc1cc(CO)cc(OCC2CCOC2)n1. The van der Waals surface area contributed by atoms with Gasteiger partial charge in [-0.25, -0.2) is 4.98 Å². The molecule has 0 bridgehead atoms. The number of rotatable bonds is 5. The molecule has 0 saturated carbocycles. The van der Waals surface area contributed by atoms with Gasteiger partial charge in [0.2, 0.25) is 5.88 Å². The summed E-state index contributed by atoms with van der Waals surface area (Å²) in [6.45, 7) is 4.32. The third-order valence-corrected chi connectivity index (χ3v) is 2.95. The molecule has 1 fully saturated rings. The van der Waals surface area contributed by atoms with E-state index in [1.807, 2.05) is 13.0 Å². The van der Waals surface area contributed by atoms with Gasteiger partial charge in [-0.1, -0.05) is 6.92 Å². The van der Waals surface area contributed by atoms with Crippen LogP contribution in [0.4, 0.5) is 0 Å². The minimum absolute atomic E-state index is 0.0262. The number of hydrogen-bond acceptors (Lipinski definition) is 4. The Balaban J connectivity index is 1.98. The van der Waals surface area contributed by atoms with Gasteiger partial charge in [-0.2, -0.15) is 0 Å². The van der Waals surface area contributed by atoms with Crippen LogP contribution >= 0.6 is 0 Å². The first-order valence-corrected chi connectivity index (χ1v) is 6.13. The highest BCUT2D eigenvalue weighted by atomic mass is 16.5. The number of aromatic nitrogens is 1. The fourth-order valence-electron chi connectivity index (χ4n) is 1.88. The van der Waals surface area contributed by atoms with Crippen LogP contribution in [0.5, 0.6) is 5.88 Å². The maximum Gasteiger partial charge on any atom is 0.213 e. The summed E-state index contributed by atoms with van der Waals surface area (Å²) < 4.78 is 11.0. The van der Waals surface area contributed by atoms with Crippen LogP contribution in [0.15, 0.2) is 12.1 Å². The van der Waals surface area contributed by atoms with Crippen LogP contribution in [-0.4, -0.2) is 29.9 Å². The number of aryl methyl sites for hydroxylation is 1. The molecule has 1 aromatic rings. The molecular weight excluding hydrogens is 218 g/mol. The van der Waals surface area contributed by atoms with Gasteiger partial charge in [0.25, 0.3) is 0 Å². The number of aliphatic hydroxyl groups is 1. The van der Waals surface area contributed by atoms with Gasteiger partial charge in [-0.15, -0.1) is 0 Å². The van der Waals surface area contributed by atoms with Crippen molar-refractivity contribution in [2.75, 3.05) is 19.8 Å². The van der Waals surface area contributed by atoms with Crippen LogP contribution in [0, 0.1) is 5.92 Å². The van der Waals surface area contributed by atoms with Crippen molar-refractivity contribution in [2.45, 2.75) is 26.4 Å². The van der Waals surface area contributed by atoms with Crippen molar-refractivity contribution >= 4 is 0 Å². The molecule has 1 aliphatic heterocycles. The standard InChI is InChI=1S/C13H19NO3/c1-2-12-5-11(7-15)6-13(14-12)17-9-10-3-4-16-8-10/h5-6,10,15H,2-4,7-9H2,1H3. The lowest BCUT2D eigenvalue weighted by Gasteiger charge is -2.11. The lowest BCUT2D eigenvalue weighted by atomic mass is 10.1. The molecule has 0 amide bonds. The van der Waals surface area contributed by atoms with Crippen molar-refractivity contribution in [3.05, 3.63) is 23.4 Å². The fraction of sp³-hybridized carbons (Fsp3) is 0.615. The summed E-state index contributed by atoms with van der Waals surface area (Å²) in [5.74, 6) is 1.08. The van der Waals surface area contributed by atoms with Crippen LogP contribution in [0.3, 0.4) is 0 Å². The number of ether oxygens (including phenoxy) is 2. The van der Waals surface area contributed by atoms with E-state index in [1.165, 1.54) is 0 Å². The molecule has 1 aromatic heterocycles. The molecule has 17 heavy (non-hydrogen) atoms. The monoisotopic (exact) mass is 237 g/mol. The molecule has 0 spiro atoms. The second kappa shape index (κ2) is 5.98. The van der Waals surface area contributed by atoms with Crippen LogP contribution in [0.2, 0.25) is 0 Å². The summed E-state index contributed by atoms with van der Waals surface area (Å²) >= 11 is 0. The Bertz CT molecular complexity index is 339. The molecular formula is C13H19NO3. The first kappa shape index (κ1) is 12.3. The van der Waals surface area contributed by atoms with E-state index in [0.29, 0.717) is 18.4 Å². The zero-order valence-corrected chi connectivity index (χ0v) is 10.2. The van der Waals surface area contributed by atoms with Crippen molar-refractivity contribution in [2.24, 2.45) is 5.92 Å². The Morgan fingerprint density at radius 3 is 3.06 bits per heavy atom. The maximum absolute atomic E-state index is 9.16. The van der Waals surface area contributed by atoms with Gasteiger partial charge in [-0.05, 0) is 24.5 Å². The quantitative estimate of drug-likeness (QED) is 0.844. The van der Waals surface area contributed by atoms with Crippen molar-refractivity contribution in [1.29, 1.82) is 0 Å². The van der Waals surface area contributed by atoms with Crippen LogP contribution in [-0.2, 0) is 17.8 Å². The minimum Gasteiger partial charge on any atom is -0.477 e. The molecule has 94 valence electrons. The molecule has 0 aromatic carbocycles. The highest BCUT2D eigenvalue weighted by Gasteiger charge is 2.16. The molecule has 1 unspecified atom stereocenters. The van der Waals surface area contributed by atoms with E-state index in [-0.39, 0.29) is 6.61 Å². The van der Waals surface area contributed by atoms with Crippen LogP contribution in [0.1, 0.15) is 24.6 Å². The Morgan fingerprint density at radius 1 is 1.53 bits per heavy atom. The van der Waals surface area contributed by atoms with Crippen LogP contribution in [0.25, 0.3) is 0 Å². The van der Waals surface area contributed by atoms with Gasteiger partial charge in [0.05, 0.1) is 19.8 Å². The van der Waals surface area contributed by atoms with E-state index < -0.39 is 0 Å². The average molecular weight is 237 g/mol. The van der Waals surface area contributed by atoms with Gasteiger partial charge < -0.3 is 14.6 Å². The summed E-state index contributed by atoms with van der Waals surface area (Å²) in [5.41, 5.74) is 1.81. The third kappa shape index (κ3) is 3.41. The summed E-state index contributed by atoms with van der Waals surface area (Å²) in [4.78, 5) is 4.39. The Labute approximate surface area is 102 Å². The van der Waals surface area contributed by atoms with Gasteiger partial charge in [-0.3, -0.25) is 0 Å². The molecule has 4 heteroatoms. The summed E-state index contributed by atoms with van der Waals surface area (Å²) in [7, 11) is 0. The van der Waals surface area contributed by atoms with Gasteiger partial charge in [0.15, 0.2) is 0 Å². The third-order valence-electron chi connectivity index (χ3n) is 2.95. The van der Waals surface area contributed by atoms with Crippen molar-refractivity contribution in [1.82, 2.24) is 4.98 Å². The molecule has 2 rings (SSSR count). The average Bonchev–Trinajstić information content (AvgIpc) is 2.89. The first-order valence-electron chi connectivity index (χ1n) is 6.13. The number of nitrogens with zero attached hydrogens (tertiary/aromatic N) is 1. The van der Waals surface area contributed by atoms with E-state index >= 15 is 0 Å². The molecule has 4 nitrogen and oxygen atoms in total. The molecule has 1 saturated heterocycles. The smallest absolute Gasteiger partial charge is 0.213 e. The summed E-state index contributed by atoms with van der Waals surface area (Å²) in [6.07, 6.45) is 1.90. The highest BCUT2D eigenvalue weighted by Crippen LogP contribution is 2.17. The summed E-state index contributed by atoms with van der Waals surface area (Å²) in [6, 6.07) is 3.71. The second-order valence-corrected chi connectivity index (χ2v) is 4.36. The molecule has 2 heterocycles. The van der Waals surface area contributed by atoms with Crippen LogP contribution < -0.4 is 4.74 Å². The highest BCUT2D eigenvalue weighted by molar-refractivity contribution is 5.24. The Kier molecular flexibility index (Phi) is 4.34. The first-order chi connectivity index (χ1) is 8.31. The van der Waals surface area contributed by atoms with Gasteiger partial charge in [0, 0.05) is 24.3 Å². The zero-order chi connectivity index (χ0) is 12.1. The predicted octanol–water partition coefficient (Wildman–Crippen LogP) is 1.55. The van der Waals surface area contributed by atoms with E-state index in [4.69, 9.17) is 14.6 Å². The lowest BCUT2D eigenvalue weighted by molar-refractivity contribution is 0.165. The van der Waals surface area contributed by atoms with Gasteiger partial charge >= 0.3 is 0 Å². The van der Waals surface area contributed by atoms with E-state index in [0.717, 1.165) is 37.3 Å². The maximum atomic E-state index is 9.16. The van der Waals surface area contributed by atoms with Crippen molar-refractivity contribution < 1.29 is 14.6 Å². The normalized spacial score (nSPS) is 19.5. The Hall–Kier alpha value is -1.13.